The van der Waals surface area contributed by atoms with Gasteiger partial charge in [0, 0.05) is 38.3 Å². The number of hydrogen-bond donors (Lipinski definition) is 1. The first-order valence-electron chi connectivity index (χ1n) is 9.12. The largest absolute Gasteiger partial charge is 0.383 e. The average Bonchev–Trinajstić information content (AvgIpc) is 2.80. The van der Waals surface area contributed by atoms with Crippen molar-refractivity contribution in [3.8, 4) is 0 Å². The fourth-order valence-corrected chi connectivity index (χ4v) is 4.14. The molecule has 3 fully saturated rings. The van der Waals surface area contributed by atoms with Crippen molar-refractivity contribution in [3.63, 3.8) is 0 Å². The minimum atomic E-state index is -0.104. The quantitative estimate of drug-likeness (QED) is 0.902. The van der Waals surface area contributed by atoms with Crippen LogP contribution < -0.4 is 0 Å². The molecule has 2 aromatic rings. The molecule has 0 spiro atoms. The molecule has 7 nitrogen and oxygen atoms in total. The number of nitrogens with one attached hydrogen (secondary N) is 1. The van der Waals surface area contributed by atoms with Crippen LogP contribution in [0.5, 0.6) is 0 Å². The number of methoxy groups -OCH3 is 1. The number of hydrogen-bond acceptors (Lipinski definition) is 4. The summed E-state index contributed by atoms with van der Waals surface area (Å²) in [5.41, 5.74) is 2.36. The number of fused-ring (bicyclic) bond motifs is 5. The van der Waals surface area contributed by atoms with Crippen LogP contribution in [0.1, 0.15) is 29.0 Å². The van der Waals surface area contributed by atoms with Crippen LogP contribution in [0.2, 0.25) is 0 Å². The van der Waals surface area contributed by atoms with Gasteiger partial charge in [-0.05, 0) is 38.0 Å². The van der Waals surface area contributed by atoms with Gasteiger partial charge in [-0.3, -0.25) is 9.59 Å². The van der Waals surface area contributed by atoms with Gasteiger partial charge in [-0.2, -0.15) is 0 Å². The molecule has 1 aromatic carbocycles. The third kappa shape index (κ3) is 2.96. The highest BCUT2D eigenvalue weighted by molar-refractivity contribution is 5.98. The number of aromatic amines is 1. The molecule has 0 unspecified atom stereocenters. The molecule has 0 radical (unpaired) electrons. The average molecular weight is 356 g/mol. The molecule has 3 saturated heterocycles. The second-order valence-electron chi connectivity index (χ2n) is 7.22. The number of aryl methyl sites for hydroxylation is 1. The standard InChI is InChI=1S/C19H24N4O3/c1-12-20-16-6-4-13(9-17(16)21-12)18(24)22-10-14-3-5-15(11-22)23(19(14)25)7-8-26-2/h4,6,9,14-15H,3,5,7-8,10-11H2,1-2H3,(H,20,21)/t14-,15+/m1/s1. The number of aromatic nitrogens is 2. The van der Waals surface area contributed by atoms with Gasteiger partial charge in [0.05, 0.1) is 23.6 Å². The lowest BCUT2D eigenvalue weighted by atomic mass is 9.94. The summed E-state index contributed by atoms with van der Waals surface area (Å²) in [6.07, 6.45) is 1.80. The van der Waals surface area contributed by atoms with Crippen molar-refractivity contribution >= 4 is 22.8 Å². The molecule has 3 aliphatic rings. The second-order valence-corrected chi connectivity index (χ2v) is 7.22. The molecular weight excluding hydrogens is 332 g/mol. The molecule has 2 amide bonds. The molecule has 0 saturated carbocycles. The number of imidazole rings is 1. The van der Waals surface area contributed by atoms with Crippen LogP contribution in [0.15, 0.2) is 18.2 Å². The topological polar surface area (TPSA) is 78.5 Å². The first-order chi connectivity index (χ1) is 12.6. The van der Waals surface area contributed by atoms with Crippen LogP contribution in [0, 0.1) is 12.8 Å². The number of ether oxygens (including phenoxy) is 1. The first-order valence-corrected chi connectivity index (χ1v) is 9.12. The van der Waals surface area contributed by atoms with Crippen LogP contribution in [0.25, 0.3) is 11.0 Å². The Hall–Kier alpha value is -2.41. The maximum atomic E-state index is 13.1. The zero-order chi connectivity index (χ0) is 18.3. The molecule has 3 aliphatic heterocycles. The predicted octanol–water partition coefficient (Wildman–Crippen LogP) is 1.58. The van der Waals surface area contributed by atoms with Gasteiger partial charge in [0.25, 0.3) is 5.91 Å². The molecular formula is C19H24N4O3. The Balaban J connectivity index is 1.57. The summed E-state index contributed by atoms with van der Waals surface area (Å²) in [5, 5.41) is 0. The number of carbonyl (C=O) groups excluding carboxylic acids is 2. The maximum Gasteiger partial charge on any atom is 0.254 e. The number of H-pyrrole nitrogens is 1. The Kier molecular flexibility index (Phi) is 4.40. The van der Waals surface area contributed by atoms with Crippen LogP contribution >= 0.6 is 0 Å². The maximum absolute atomic E-state index is 13.1. The van der Waals surface area contributed by atoms with Crippen molar-refractivity contribution in [2.24, 2.45) is 5.92 Å². The minimum Gasteiger partial charge on any atom is -0.383 e. The van der Waals surface area contributed by atoms with Gasteiger partial charge < -0.3 is 19.5 Å². The van der Waals surface area contributed by atoms with E-state index in [-0.39, 0.29) is 23.8 Å². The van der Waals surface area contributed by atoms with E-state index in [4.69, 9.17) is 4.74 Å². The van der Waals surface area contributed by atoms with E-state index in [0.717, 1.165) is 29.7 Å². The van der Waals surface area contributed by atoms with Crippen molar-refractivity contribution in [2.45, 2.75) is 25.8 Å². The monoisotopic (exact) mass is 356 g/mol. The van der Waals surface area contributed by atoms with E-state index in [1.807, 2.05) is 34.9 Å². The Bertz CT molecular complexity index is 846. The highest BCUT2D eigenvalue weighted by Gasteiger charge is 2.41. The molecule has 1 N–H and O–H groups in total. The van der Waals surface area contributed by atoms with Crippen molar-refractivity contribution in [3.05, 3.63) is 29.6 Å². The van der Waals surface area contributed by atoms with E-state index in [9.17, 15) is 9.59 Å². The van der Waals surface area contributed by atoms with Crippen molar-refractivity contribution in [1.82, 2.24) is 19.8 Å². The Morgan fingerprint density at radius 3 is 3.00 bits per heavy atom. The van der Waals surface area contributed by atoms with Gasteiger partial charge in [-0.1, -0.05) is 0 Å². The van der Waals surface area contributed by atoms with E-state index in [2.05, 4.69) is 9.97 Å². The zero-order valence-electron chi connectivity index (χ0n) is 15.2. The van der Waals surface area contributed by atoms with Gasteiger partial charge in [-0.25, -0.2) is 4.98 Å². The van der Waals surface area contributed by atoms with Gasteiger partial charge in [0.15, 0.2) is 0 Å². The smallest absolute Gasteiger partial charge is 0.254 e. The summed E-state index contributed by atoms with van der Waals surface area (Å²) in [5.74, 6) is 0.871. The third-order valence-electron chi connectivity index (χ3n) is 5.46. The summed E-state index contributed by atoms with van der Waals surface area (Å²) in [6, 6.07) is 5.63. The van der Waals surface area contributed by atoms with E-state index < -0.39 is 0 Å². The zero-order valence-corrected chi connectivity index (χ0v) is 15.2. The van der Waals surface area contributed by atoms with Gasteiger partial charge in [0.1, 0.15) is 5.82 Å². The summed E-state index contributed by atoms with van der Waals surface area (Å²) in [4.78, 5) is 37.1. The number of rotatable bonds is 4. The number of piperidine rings is 1. The molecule has 26 heavy (non-hydrogen) atoms. The lowest BCUT2D eigenvalue weighted by molar-refractivity contribution is -0.140. The number of nitrogens with zero attached hydrogens (tertiary/aromatic N) is 3. The van der Waals surface area contributed by atoms with Crippen molar-refractivity contribution < 1.29 is 14.3 Å². The van der Waals surface area contributed by atoms with Gasteiger partial charge in [-0.15, -0.1) is 0 Å². The van der Waals surface area contributed by atoms with Gasteiger partial charge in [0.2, 0.25) is 5.91 Å². The highest BCUT2D eigenvalue weighted by atomic mass is 16.5. The summed E-state index contributed by atoms with van der Waals surface area (Å²) in [7, 11) is 1.64. The molecule has 7 heteroatoms. The highest BCUT2D eigenvalue weighted by Crippen LogP contribution is 2.30. The minimum absolute atomic E-state index is 0.0163. The first kappa shape index (κ1) is 17.0. The van der Waals surface area contributed by atoms with Gasteiger partial charge >= 0.3 is 0 Å². The third-order valence-corrected chi connectivity index (χ3v) is 5.46. The molecule has 1 aromatic heterocycles. The Labute approximate surface area is 152 Å². The summed E-state index contributed by atoms with van der Waals surface area (Å²) < 4.78 is 5.14. The van der Waals surface area contributed by atoms with E-state index in [0.29, 0.717) is 31.8 Å². The molecule has 2 bridgehead atoms. The molecule has 4 heterocycles. The predicted molar refractivity (Wildman–Crippen MR) is 96.8 cm³/mol. The van der Waals surface area contributed by atoms with E-state index in [1.54, 1.807) is 7.11 Å². The fraction of sp³-hybridized carbons (Fsp3) is 0.526. The van der Waals surface area contributed by atoms with Crippen molar-refractivity contribution in [1.29, 1.82) is 0 Å². The summed E-state index contributed by atoms with van der Waals surface area (Å²) in [6.45, 7) is 4.10. The normalized spacial score (nSPS) is 22.9. The molecule has 5 rings (SSSR count). The molecule has 138 valence electrons. The van der Waals surface area contributed by atoms with E-state index >= 15 is 0 Å². The Morgan fingerprint density at radius 1 is 1.35 bits per heavy atom. The summed E-state index contributed by atoms with van der Waals surface area (Å²) >= 11 is 0. The molecule has 0 aliphatic carbocycles. The number of carbonyl (C=O) groups is 2. The number of amides is 2. The Morgan fingerprint density at radius 2 is 2.19 bits per heavy atom. The van der Waals surface area contributed by atoms with Crippen LogP contribution in [-0.4, -0.2) is 71.0 Å². The second kappa shape index (κ2) is 6.72. The fourth-order valence-electron chi connectivity index (χ4n) is 4.14. The van der Waals surface area contributed by atoms with Crippen LogP contribution in [0.3, 0.4) is 0 Å². The van der Waals surface area contributed by atoms with Crippen molar-refractivity contribution in [2.75, 3.05) is 33.4 Å². The SMILES string of the molecule is COCCN1C(=O)[C@@H]2CC[C@H]1CN(C(=O)c1ccc3nc(C)[nH]c3c1)C2. The van der Waals surface area contributed by atoms with Crippen LogP contribution in [0.4, 0.5) is 0 Å². The molecule has 2 atom stereocenters. The van der Waals surface area contributed by atoms with Crippen LogP contribution in [-0.2, 0) is 9.53 Å². The lowest BCUT2D eigenvalue weighted by Gasteiger charge is -2.35. The number of benzene rings is 1. The lowest BCUT2D eigenvalue weighted by Crippen LogP contribution is -2.49. The van der Waals surface area contributed by atoms with E-state index in [1.165, 1.54) is 0 Å².